The van der Waals surface area contributed by atoms with E-state index in [0.29, 0.717) is 12.0 Å². The van der Waals surface area contributed by atoms with Crippen LogP contribution in [-0.4, -0.2) is 16.2 Å². The normalized spacial score (nSPS) is 22.7. The number of hydrogen-bond acceptors (Lipinski definition) is 4. The molecule has 1 aromatic heterocycles. The zero-order valence-corrected chi connectivity index (χ0v) is 11.0. The summed E-state index contributed by atoms with van der Waals surface area (Å²) in [6.45, 7) is 0.765. The van der Waals surface area contributed by atoms with E-state index in [4.69, 9.17) is 4.52 Å². The third-order valence-corrected chi connectivity index (χ3v) is 4.06. The molecular formula is C14H23N3O. The molecule has 2 aliphatic carbocycles. The van der Waals surface area contributed by atoms with Gasteiger partial charge in [0.1, 0.15) is 0 Å². The molecule has 2 saturated carbocycles. The summed E-state index contributed by atoms with van der Waals surface area (Å²) in [6.07, 6.45) is 11.8. The van der Waals surface area contributed by atoms with Crippen LogP contribution in [0, 0.1) is 0 Å². The molecule has 0 spiro atoms. The lowest BCUT2D eigenvalue weighted by atomic mass is 9.91. The summed E-state index contributed by atoms with van der Waals surface area (Å²) in [5.41, 5.74) is 0. The zero-order valence-electron chi connectivity index (χ0n) is 11.0. The van der Waals surface area contributed by atoms with Crippen molar-refractivity contribution in [1.29, 1.82) is 0 Å². The van der Waals surface area contributed by atoms with Gasteiger partial charge in [0.05, 0.1) is 6.54 Å². The average Bonchev–Trinajstić information content (AvgIpc) is 3.05. The fourth-order valence-electron chi connectivity index (χ4n) is 2.73. The second-order valence-electron chi connectivity index (χ2n) is 5.75. The van der Waals surface area contributed by atoms with E-state index in [0.717, 1.165) is 18.3 Å². The van der Waals surface area contributed by atoms with Crippen molar-refractivity contribution in [2.45, 2.75) is 76.3 Å². The van der Waals surface area contributed by atoms with Crippen LogP contribution in [0.1, 0.15) is 75.4 Å². The largest absolute Gasteiger partial charge is 0.339 e. The van der Waals surface area contributed by atoms with E-state index in [9.17, 15) is 0 Å². The Balaban J connectivity index is 1.55. The molecule has 1 aromatic rings. The Morgan fingerprint density at radius 1 is 1.00 bits per heavy atom. The third-order valence-electron chi connectivity index (χ3n) is 4.06. The summed E-state index contributed by atoms with van der Waals surface area (Å²) in [7, 11) is 0. The van der Waals surface area contributed by atoms with E-state index >= 15 is 0 Å². The van der Waals surface area contributed by atoms with Crippen LogP contribution in [0.4, 0.5) is 0 Å². The van der Waals surface area contributed by atoms with Crippen LogP contribution in [0.25, 0.3) is 0 Å². The number of nitrogens with zero attached hydrogens (tertiary/aromatic N) is 2. The van der Waals surface area contributed by atoms with Gasteiger partial charge in [-0.25, -0.2) is 0 Å². The number of nitrogens with one attached hydrogen (secondary N) is 1. The van der Waals surface area contributed by atoms with Gasteiger partial charge in [-0.15, -0.1) is 0 Å². The van der Waals surface area contributed by atoms with Crippen LogP contribution in [0.3, 0.4) is 0 Å². The summed E-state index contributed by atoms with van der Waals surface area (Å²) >= 11 is 0. The quantitative estimate of drug-likeness (QED) is 0.890. The van der Waals surface area contributed by atoms with Crippen molar-refractivity contribution in [3.63, 3.8) is 0 Å². The lowest BCUT2D eigenvalue weighted by molar-refractivity contribution is 0.320. The molecule has 100 valence electrons. The Hall–Kier alpha value is -0.900. The summed E-state index contributed by atoms with van der Waals surface area (Å²) in [4.78, 5) is 4.57. The highest BCUT2D eigenvalue weighted by Gasteiger charge is 2.23. The van der Waals surface area contributed by atoms with E-state index in [1.165, 1.54) is 57.8 Å². The molecule has 0 saturated heterocycles. The van der Waals surface area contributed by atoms with Crippen molar-refractivity contribution in [2.75, 3.05) is 0 Å². The number of aromatic nitrogens is 2. The fourth-order valence-corrected chi connectivity index (χ4v) is 2.73. The first-order valence-electron chi connectivity index (χ1n) is 7.47. The second kappa shape index (κ2) is 5.83. The van der Waals surface area contributed by atoms with Crippen LogP contribution in [0.5, 0.6) is 0 Å². The minimum Gasteiger partial charge on any atom is -0.339 e. The average molecular weight is 249 g/mol. The molecule has 0 radical (unpaired) electrons. The van der Waals surface area contributed by atoms with Crippen molar-refractivity contribution in [2.24, 2.45) is 0 Å². The highest BCUT2D eigenvalue weighted by molar-refractivity contribution is 4.95. The fraction of sp³-hybridized carbons (Fsp3) is 0.857. The maximum atomic E-state index is 5.45. The van der Waals surface area contributed by atoms with Crippen molar-refractivity contribution < 1.29 is 4.52 Å². The van der Waals surface area contributed by atoms with Gasteiger partial charge in [-0.2, -0.15) is 4.98 Å². The van der Waals surface area contributed by atoms with Gasteiger partial charge in [0.2, 0.25) is 5.89 Å². The molecule has 1 N–H and O–H groups in total. The molecule has 0 unspecified atom stereocenters. The molecule has 0 bridgehead atoms. The topological polar surface area (TPSA) is 51.0 Å². The lowest BCUT2D eigenvalue weighted by Gasteiger charge is -2.15. The van der Waals surface area contributed by atoms with Crippen molar-refractivity contribution >= 4 is 0 Å². The molecular weight excluding hydrogens is 226 g/mol. The summed E-state index contributed by atoms with van der Waals surface area (Å²) in [5, 5.41) is 7.52. The Kier molecular flexibility index (Phi) is 3.93. The van der Waals surface area contributed by atoms with Crippen LogP contribution in [-0.2, 0) is 6.54 Å². The van der Waals surface area contributed by atoms with Crippen molar-refractivity contribution in [3.05, 3.63) is 11.7 Å². The molecule has 0 atom stereocenters. The van der Waals surface area contributed by atoms with Gasteiger partial charge in [0, 0.05) is 12.0 Å². The van der Waals surface area contributed by atoms with Crippen LogP contribution in [0.15, 0.2) is 4.52 Å². The summed E-state index contributed by atoms with van der Waals surface area (Å²) in [6, 6.07) is 0.702. The SMILES string of the molecule is C1CCCC(c2nc(CNC3CC3)no2)CCC1. The van der Waals surface area contributed by atoms with E-state index in [1.807, 2.05) is 0 Å². The van der Waals surface area contributed by atoms with Gasteiger partial charge < -0.3 is 9.84 Å². The number of hydrogen-bond donors (Lipinski definition) is 1. The lowest BCUT2D eigenvalue weighted by Crippen LogP contribution is -2.16. The molecule has 0 aromatic carbocycles. The Bertz CT molecular complexity index is 365. The minimum absolute atomic E-state index is 0.507. The third kappa shape index (κ3) is 3.31. The standard InChI is InChI=1S/C14H23N3O/c1-2-4-6-11(7-5-3-1)14-16-13(17-18-14)10-15-12-8-9-12/h11-12,15H,1-10H2. The molecule has 0 amide bonds. The number of rotatable bonds is 4. The monoisotopic (exact) mass is 249 g/mol. The predicted molar refractivity (Wildman–Crippen MR) is 69.2 cm³/mol. The molecule has 4 heteroatoms. The molecule has 2 fully saturated rings. The first-order valence-corrected chi connectivity index (χ1v) is 7.47. The van der Waals surface area contributed by atoms with E-state index in [-0.39, 0.29) is 0 Å². The Labute approximate surface area is 109 Å². The Morgan fingerprint density at radius 3 is 2.44 bits per heavy atom. The van der Waals surface area contributed by atoms with E-state index in [2.05, 4.69) is 15.5 Å². The molecule has 2 aliphatic rings. The summed E-state index contributed by atoms with van der Waals surface area (Å²) < 4.78 is 5.45. The van der Waals surface area contributed by atoms with Gasteiger partial charge in [-0.1, -0.05) is 37.3 Å². The van der Waals surface area contributed by atoms with Crippen molar-refractivity contribution in [3.8, 4) is 0 Å². The van der Waals surface area contributed by atoms with Gasteiger partial charge in [0.15, 0.2) is 5.82 Å². The molecule has 1 heterocycles. The van der Waals surface area contributed by atoms with Gasteiger partial charge in [-0.05, 0) is 25.7 Å². The second-order valence-corrected chi connectivity index (χ2v) is 5.75. The van der Waals surface area contributed by atoms with Gasteiger partial charge in [0.25, 0.3) is 0 Å². The smallest absolute Gasteiger partial charge is 0.229 e. The predicted octanol–water partition coefficient (Wildman–Crippen LogP) is 3.15. The van der Waals surface area contributed by atoms with Crippen molar-refractivity contribution in [1.82, 2.24) is 15.5 Å². The van der Waals surface area contributed by atoms with Gasteiger partial charge in [-0.3, -0.25) is 0 Å². The van der Waals surface area contributed by atoms with Crippen LogP contribution >= 0.6 is 0 Å². The first kappa shape index (κ1) is 12.2. The first-order chi connectivity index (χ1) is 8.92. The molecule has 0 aliphatic heterocycles. The van der Waals surface area contributed by atoms with Gasteiger partial charge >= 0.3 is 0 Å². The zero-order chi connectivity index (χ0) is 12.2. The highest BCUT2D eigenvalue weighted by atomic mass is 16.5. The maximum Gasteiger partial charge on any atom is 0.229 e. The van der Waals surface area contributed by atoms with Crippen LogP contribution in [0.2, 0.25) is 0 Å². The van der Waals surface area contributed by atoms with E-state index in [1.54, 1.807) is 0 Å². The molecule has 18 heavy (non-hydrogen) atoms. The summed E-state index contributed by atoms with van der Waals surface area (Å²) in [5.74, 6) is 2.22. The highest BCUT2D eigenvalue weighted by Crippen LogP contribution is 2.29. The van der Waals surface area contributed by atoms with E-state index < -0.39 is 0 Å². The minimum atomic E-state index is 0.507. The molecule has 4 nitrogen and oxygen atoms in total. The van der Waals surface area contributed by atoms with Crippen LogP contribution < -0.4 is 5.32 Å². The molecule has 3 rings (SSSR count). The Morgan fingerprint density at radius 2 is 1.72 bits per heavy atom. The maximum absolute atomic E-state index is 5.45.